The quantitative estimate of drug-likeness (QED) is 0.848. The van der Waals surface area contributed by atoms with Crippen molar-refractivity contribution in [2.45, 2.75) is 38.1 Å². The van der Waals surface area contributed by atoms with Crippen LogP contribution in [0.5, 0.6) is 0 Å². The maximum absolute atomic E-state index is 4.62. The molecule has 1 aromatic heterocycles. The number of nitrogens with one attached hydrogen (secondary N) is 1. The second-order valence-electron chi connectivity index (χ2n) is 4.73. The van der Waals surface area contributed by atoms with E-state index >= 15 is 0 Å². The first-order chi connectivity index (χ1) is 7.95. The number of hydrogen-bond acceptors (Lipinski definition) is 3. The van der Waals surface area contributed by atoms with E-state index in [4.69, 9.17) is 0 Å². The van der Waals surface area contributed by atoms with E-state index in [1.807, 2.05) is 24.8 Å². The summed E-state index contributed by atoms with van der Waals surface area (Å²) in [5.41, 5.74) is 2.46. The monoisotopic (exact) mass is 287 g/mol. The van der Waals surface area contributed by atoms with E-state index in [9.17, 15) is 0 Å². The Morgan fingerprint density at radius 1 is 1.11 bits per heavy atom. The van der Waals surface area contributed by atoms with Gasteiger partial charge in [0.1, 0.15) is 0 Å². The van der Waals surface area contributed by atoms with Crippen LogP contribution in [0.15, 0.2) is 23.5 Å². The van der Waals surface area contributed by atoms with E-state index in [0.29, 0.717) is 6.04 Å². The zero-order chi connectivity index (χ0) is 10.8. The molecule has 100 valence electrons. The lowest BCUT2D eigenvalue weighted by molar-refractivity contribution is 0.309. The SMILES string of the molecule is C1=NC(C2CCCCC2)c2cnccc2N1.Cl.Cl. The number of fused-ring (bicyclic) bond motifs is 1. The number of nitrogens with zero attached hydrogens (tertiary/aromatic N) is 2. The smallest absolute Gasteiger partial charge is 0.0875 e. The molecule has 18 heavy (non-hydrogen) atoms. The van der Waals surface area contributed by atoms with Crippen molar-refractivity contribution < 1.29 is 0 Å². The summed E-state index contributed by atoms with van der Waals surface area (Å²) in [5, 5.41) is 3.20. The fraction of sp³-hybridized carbons (Fsp3) is 0.538. The van der Waals surface area contributed by atoms with Crippen LogP contribution >= 0.6 is 24.8 Å². The second-order valence-corrected chi connectivity index (χ2v) is 4.73. The Labute approximate surface area is 120 Å². The van der Waals surface area contributed by atoms with E-state index in [-0.39, 0.29) is 24.8 Å². The molecule has 1 fully saturated rings. The summed E-state index contributed by atoms with van der Waals surface area (Å²) in [5.74, 6) is 0.718. The van der Waals surface area contributed by atoms with Gasteiger partial charge in [-0.1, -0.05) is 19.3 Å². The lowest BCUT2D eigenvalue weighted by Crippen LogP contribution is -2.20. The minimum atomic E-state index is 0. The first-order valence-corrected chi connectivity index (χ1v) is 6.17. The number of anilines is 1. The summed E-state index contributed by atoms with van der Waals surface area (Å²) in [6.07, 6.45) is 12.4. The predicted octanol–water partition coefficient (Wildman–Crippen LogP) is 4.00. The zero-order valence-corrected chi connectivity index (χ0v) is 11.8. The predicted molar refractivity (Wildman–Crippen MR) is 80.2 cm³/mol. The molecule has 0 bridgehead atoms. The largest absolute Gasteiger partial charge is 0.346 e. The van der Waals surface area contributed by atoms with Crippen LogP contribution < -0.4 is 5.32 Å². The molecular formula is C13H19Cl2N3. The Kier molecular flexibility index (Phi) is 5.89. The van der Waals surface area contributed by atoms with E-state index in [1.54, 1.807) is 0 Å². The molecule has 5 heteroatoms. The maximum atomic E-state index is 4.62. The number of hydrogen-bond donors (Lipinski definition) is 1. The number of aliphatic imine (C=N–C) groups is 1. The minimum absolute atomic E-state index is 0. The summed E-state index contributed by atoms with van der Waals surface area (Å²) in [6.45, 7) is 0. The molecule has 1 aliphatic carbocycles. The van der Waals surface area contributed by atoms with Crippen molar-refractivity contribution in [3.63, 3.8) is 0 Å². The van der Waals surface area contributed by atoms with Gasteiger partial charge in [-0.2, -0.15) is 0 Å². The Morgan fingerprint density at radius 2 is 1.89 bits per heavy atom. The molecule has 3 nitrogen and oxygen atoms in total. The van der Waals surface area contributed by atoms with Gasteiger partial charge < -0.3 is 5.32 Å². The van der Waals surface area contributed by atoms with Crippen LogP contribution in [0.3, 0.4) is 0 Å². The van der Waals surface area contributed by atoms with Gasteiger partial charge in [0, 0.05) is 23.6 Å². The molecule has 1 saturated carbocycles. The van der Waals surface area contributed by atoms with E-state index in [2.05, 4.69) is 15.3 Å². The molecule has 1 aliphatic heterocycles. The molecule has 3 rings (SSSR count). The number of aromatic nitrogens is 1. The van der Waals surface area contributed by atoms with E-state index in [1.165, 1.54) is 43.4 Å². The normalized spacial score (nSPS) is 22.1. The van der Waals surface area contributed by atoms with Gasteiger partial charge in [0.2, 0.25) is 0 Å². The van der Waals surface area contributed by atoms with Crippen molar-refractivity contribution >= 4 is 36.8 Å². The molecule has 1 aromatic rings. The summed E-state index contributed by atoms with van der Waals surface area (Å²) in [7, 11) is 0. The molecule has 0 amide bonds. The lowest BCUT2D eigenvalue weighted by atomic mass is 9.81. The van der Waals surface area contributed by atoms with Crippen molar-refractivity contribution in [1.29, 1.82) is 0 Å². The topological polar surface area (TPSA) is 37.3 Å². The highest BCUT2D eigenvalue weighted by Gasteiger charge is 2.27. The molecule has 0 spiro atoms. The molecule has 1 N–H and O–H groups in total. The Morgan fingerprint density at radius 3 is 2.67 bits per heavy atom. The first-order valence-electron chi connectivity index (χ1n) is 6.17. The van der Waals surface area contributed by atoms with Crippen LogP contribution in [-0.2, 0) is 0 Å². The van der Waals surface area contributed by atoms with Crippen LogP contribution in [-0.4, -0.2) is 11.3 Å². The molecular weight excluding hydrogens is 269 g/mol. The first kappa shape index (κ1) is 15.3. The minimum Gasteiger partial charge on any atom is -0.346 e. The molecule has 1 unspecified atom stereocenters. The summed E-state index contributed by atoms with van der Waals surface area (Å²) in [4.78, 5) is 8.85. The average molecular weight is 288 g/mol. The van der Waals surface area contributed by atoms with Crippen molar-refractivity contribution in [3.8, 4) is 0 Å². The third kappa shape index (κ3) is 2.96. The molecule has 0 radical (unpaired) electrons. The molecule has 0 aromatic carbocycles. The van der Waals surface area contributed by atoms with Crippen molar-refractivity contribution in [2.24, 2.45) is 10.9 Å². The summed E-state index contributed by atoms with van der Waals surface area (Å²) >= 11 is 0. The maximum Gasteiger partial charge on any atom is 0.0875 e. The molecule has 2 heterocycles. The highest BCUT2D eigenvalue weighted by molar-refractivity contribution is 5.85. The van der Waals surface area contributed by atoms with Crippen LogP contribution in [0.4, 0.5) is 5.69 Å². The van der Waals surface area contributed by atoms with Crippen LogP contribution in [0.2, 0.25) is 0 Å². The van der Waals surface area contributed by atoms with Crippen molar-refractivity contribution in [1.82, 2.24) is 4.98 Å². The Bertz CT molecular complexity index is 403. The summed E-state index contributed by atoms with van der Waals surface area (Å²) < 4.78 is 0. The van der Waals surface area contributed by atoms with Crippen molar-refractivity contribution in [2.75, 3.05) is 5.32 Å². The van der Waals surface area contributed by atoms with Crippen LogP contribution in [0.1, 0.15) is 43.7 Å². The summed E-state index contributed by atoms with van der Waals surface area (Å²) in [6, 6.07) is 2.38. The third-order valence-electron chi connectivity index (χ3n) is 3.72. The molecule has 1 atom stereocenters. The molecule has 2 aliphatic rings. The van der Waals surface area contributed by atoms with Crippen LogP contribution in [0, 0.1) is 5.92 Å². The number of pyridine rings is 1. The molecule has 0 saturated heterocycles. The fourth-order valence-corrected chi connectivity index (χ4v) is 2.87. The van der Waals surface area contributed by atoms with Gasteiger partial charge in [0.05, 0.1) is 12.4 Å². The second kappa shape index (κ2) is 6.95. The lowest BCUT2D eigenvalue weighted by Gasteiger charge is -2.30. The Balaban J connectivity index is 0.000000810. The Hall–Kier alpha value is -0.800. The van der Waals surface area contributed by atoms with Gasteiger partial charge in [0.25, 0.3) is 0 Å². The highest BCUT2D eigenvalue weighted by Crippen LogP contribution is 2.40. The van der Waals surface area contributed by atoms with E-state index in [0.717, 1.165) is 5.92 Å². The van der Waals surface area contributed by atoms with Gasteiger partial charge in [-0.3, -0.25) is 9.98 Å². The fourth-order valence-electron chi connectivity index (χ4n) is 2.87. The zero-order valence-electron chi connectivity index (χ0n) is 10.2. The average Bonchev–Trinajstić information content (AvgIpc) is 2.39. The van der Waals surface area contributed by atoms with Gasteiger partial charge in [-0.25, -0.2) is 0 Å². The number of halogens is 2. The highest BCUT2D eigenvalue weighted by atomic mass is 35.5. The van der Waals surface area contributed by atoms with Gasteiger partial charge in [-0.05, 0) is 24.8 Å². The van der Waals surface area contributed by atoms with Crippen molar-refractivity contribution in [3.05, 3.63) is 24.0 Å². The number of rotatable bonds is 1. The van der Waals surface area contributed by atoms with Gasteiger partial charge in [-0.15, -0.1) is 24.8 Å². The van der Waals surface area contributed by atoms with Crippen LogP contribution in [0.25, 0.3) is 0 Å². The van der Waals surface area contributed by atoms with E-state index < -0.39 is 0 Å². The third-order valence-corrected chi connectivity index (χ3v) is 3.72. The van der Waals surface area contributed by atoms with Gasteiger partial charge in [0.15, 0.2) is 0 Å². The van der Waals surface area contributed by atoms with Gasteiger partial charge >= 0.3 is 0 Å². The standard InChI is InChI=1S/C13H17N3.2ClH/c1-2-4-10(5-3-1)13-11-8-14-7-6-12(11)15-9-16-13;;/h6-10,13H,1-5H2,(H,15,16);2*1H.